The Morgan fingerprint density at radius 1 is 0.960 bits per heavy atom. The lowest BCUT2D eigenvalue weighted by molar-refractivity contribution is -0.117. The maximum Gasteiger partial charge on any atom is 0.267 e. The number of amides is 1. The van der Waals surface area contributed by atoms with E-state index in [4.69, 9.17) is 17.3 Å². The lowest BCUT2D eigenvalue weighted by Crippen LogP contribution is -2.22. The fraction of sp³-hybridized carbons (Fsp3) is 0.105. The van der Waals surface area contributed by atoms with Crippen molar-refractivity contribution in [2.24, 2.45) is 5.73 Å². The summed E-state index contributed by atoms with van der Waals surface area (Å²) in [5.41, 5.74) is 8.33. The monoisotopic (exact) mass is 353 g/mol. The first-order chi connectivity index (χ1) is 12.0. The number of aromatic nitrogens is 2. The molecule has 0 fully saturated rings. The molecule has 0 aliphatic carbocycles. The van der Waals surface area contributed by atoms with E-state index in [0.29, 0.717) is 17.3 Å². The average Bonchev–Trinajstić information content (AvgIpc) is 2.59. The van der Waals surface area contributed by atoms with Crippen LogP contribution in [0.5, 0.6) is 0 Å². The van der Waals surface area contributed by atoms with E-state index in [1.807, 2.05) is 36.4 Å². The molecular weight excluding hydrogens is 338 g/mol. The number of hydrogen-bond acceptors (Lipinski definition) is 3. The van der Waals surface area contributed by atoms with Gasteiger partial charge in [0.25, 0.3) is 5.56 Å². The Kier molecular flexibility index (Phi) is 4.95. The van der Waals surface area contributed by atoms with Crippen LogP contribution >= 0.6 is 11.6 Å². The molecule has 1 amide bonds. The first-order valence-corrected chi connectivity index (χ1v) is 8.09. The summed E-state index contributed by atoms with van der Waals surface area (Å²) >= 11 is 5.88. The lowest BCUT2D eigenvalue weighted by atomic mass is 10.1. The van der Waals surface area contributed by atoms with Crippen LogP contribution in [0.1, 0.15) is 11.1 Å². The van der Waals surface area contributed by atoms with E-state index in [2.05, 4.69) is 5.10 Å². The second kappa shape index (κ2) is 7.32. The number of primary amides is 1. The van der Waals surface area contributed by atoms with Crippen LogP contribution in [0.15, 0.2) is 65.5 Å². The van der Waals surface area contributed by atoms with Crippen molar-refractivity contribution in [1.29, 1.82) is 0 Å². The van der Waals surface area contributed by atoms with Crippen LogP contribution in [0.2, 0.25) is 5.02 Å². The summed E-state index contributed by atoms with van der Waals surface area (Å²) in [7, 11) is 0. The van der Waals surface area contributed by atoms with E-state index in [0.717, 1.165) is 16.7 Å². The molecule has 2 N–H and O–H groups in total. The number of nitrogens with zero attached hydrogens (tertiary/aromatic N) is 2. The molecule has 0 bridgehead atoms. The lowest BCUT2D eigenvalue weighted by Gasteiger charge is -2.08. The van der Waals surface area contributed by atoms with Crippen molar-refractivity contribution >= 4 is 17.5 Å². The second-order valence-electron chi connectivity index (χ2n) is 5.68. The second-order valence-corrected chi connectivity index (χ2v) is 6.12. The van der Waals surface area contributed by atoms with Gasteiger partial charge in [0.2, 0.25) is 5.91 Å². The van der Waals surface area contributed by atoms with Crippen molar-refractivity contribution in [3.05, 3.63) is 87.2 Å². The van der Waals surface area contributed by atoms with Gasteiger partial charge in [-0.25, -0.2) is 4.68 Å². The van der Waals surface area contributed by atoms with E-state index in [9.17, 15) is 9.59 Å². The number of rotatable bonds is 5. The molecule has 1 aromatic heterocycles. The maximum atomic E-state index is 12.1. The molecule has 126 valence electrons. The Bertz CT molecular complexity index is 948. The highest BCUT2D eigenvalue weighted by molar-refractivity contribution is 6.30. The van der Waals surface area contributed by atoms with Gasteiger partial charge in [-0.1, -0.05) is 48.0 Å². The molecule has 5 nitrogen and oxygen atoms in total. The molecule has 3 aromatic rings. The highest BCUT2D eigenvalue weighted by Crippen LogP contribution is 2.17. The summed E-state index contributed by atoms with van der Waals surface area (Å²) in [6, 6.07) is 17.8. The molecule has 0 saturated heterocycles. The molecule has 1 heterocycles. The van der Waals surface area contributed by atoms with Crippen molar-refractivity contribution in [3.8, 4) is 11.3 Å². The average molecular weight is 354 g/mol. The van der Waals surface area contributed by atoms with Crippen LogP contribution in [0.3, 0.4) is 0 Å². The molecule has 0 aliphatic rings. The molecule has 2 aromatic carbocycles. The van der Waals surface area contributed by atoms with Gasteiger partial charge in [-0.15, -0.1) is 0 Å². The molecule has 0 aliphatic heterocycles. The smallest absolute Gasteiger partial charge is 0.267 e. The van der Waals surface area contributed by atoms with Crippen LogP contribution in [0.25, 0.3) is 11.3 Å². The van der Waals surface area contributed by atoms with Crippen molar-refractivity contribution in [1.82, 2.24) is 9.78 Å². The minimum absolute atomic E-state index is 0.177. The molecule has 0 unspecified atom stereocenters. The van der Waals surface area contributed by atoms with Gasteiger partial charge in [0.05, 0.1) is 18.7 Å². The van der Waals surface area contributed by atoms with Crippen LogP contribution in [0.4, 0.5) is 0 Å². The topological polar surface area (TPSA) is 78.0 Å². The van der Waals surface area contributed by atoms with E-state index in [1.54, 1.807) is 18.2 Å². The maximum absolute atomic E-state index is 12.1. The Morgan fingerprint density at radius 2 is 1.60 bits per heavy atom. The molecular formula is C19H16ClN3O2. The number of halogens is 1. The van der Waals surface area contributed by atoms with Gasteiger partial charge in [-0.3, -0.25) is 9.59 Å². The molecule has 0 radical (unpaired) electrons. The quantitative estimate of drug-likeness (QED) is 0.765. The van der Waals surface area contributed by atoms with Gasteiger partial charge >= 0.3 is 0 Å². The molecule has 3 rings (SSSR count). The first-order valence-electron chi connectivity index (χ1n) is 7.71. The van der Waals surface area contributed by atoms with Crippen LogP contribution < -0.4 is 11.3 Å². The normalized spacial score (nSPS) is 10.6. The highest BCUT2D eigenvalue weighted by Gasteiger charge is 2.06. The third-order valence-electron chi connectivity index (χ3n) is 3.74. The van der Waals surface area contributed by atoms with Crippen LogP contribution in [-0.2, 0) is 17.8 Å². The minimum atomic E-state index is -0.373. The first kappa shape index (κ1) is 16.9. The van der Waals surface area contributed by atoms with Crippen LogP contribution in [0, 0.1) is 0 Å². The van der Waals surface area contributed by atoms with Crippen molar-refractivity contribution < 1.29 is 4.79 Å². The third kappa shape index (κ3) is 4.33. The van der Waals surface area contributed by atoms with E-state index in [-0.39, 0.29) is 17.9 Å². The van der Waals surface area contributed by atoms with Gasteiger partial charge in [0.1, 0.15) is 0 Å². The molecule has 0 atom stereocenters. The molecule has 0 spiro atoms. The van der Waals surface area contributed by atoms with Crippen molar-refractivity contribution in [2.45, 2.75) is 13.0 Å². The zero-order valence-electron chi connectivity index (χ0n) is 13.4. The predicted octanol–water partition coefficient (Wildman–Crippen LogP) is 2.64. The summed E-state index contributed by atoms with van der Waals surface area (Å²) in [5.74, 6) is -0.373. The molecule has 25 heavy (non-hydrogen) atoms. The van der Waals surface area contributed by atoms with E-state index >= 15 is 0 Å². The Morgan fingerprint density at radius 3 is 2.24 bits per heavy atom. The SMILES string of the molecule is NC(=O)Cc1ccc(-c2ccc(=O)n(Cc3ccc(Cl)cc3)n2)cc1. The number of hydrogen-bond donors (Lipinski definition) is 1. The highest BCUT2D eigenvalue weighted by atomic mass is 35.5. The standard InChI is InChI=1S/C19H16ClN3O2/c20-16-7-3-14(4-8-16)12-23-19(25)10-9-17(22-23)15-5-1-13(2-6-15)11-18(21)24/h1-10H,11-12H2,(H2,21,24). The van der Waals surface area contributed by atoms with Crippen molar-refractivity contribution in [2.75, 3.05) is 0 Å². The van der Waals surface area contributed by atoms with Crippen molar-refractivity contribution in [3.63, 3.8) is 0 Å². The van der Waals surface area contributed by atoms with Gasteiger partial charge < -0.3 is 5.73 Å². The summed E-state index contributed by atoms with van der Waals surface area (Å²) < 4.78 is 1.41. The fourth-order valence-electron chi connectivity index (χ4n) is 2.47. The van der Waals surface area contributed by atoms with Gasteiger partial charge in [0, 0.05) is 16.7 Å². The summed E-state index contributed by atoms with van der Waals surface area (Å²) in [6.45, 7) is 0.365. The van der Waals surface area contributed by atoms with Gasteiger partial charge in [-0.05, 0) is 29.3 Å². The third-order valence-corrected chi connectivity index (χ3v) is 3.99. The Labute approximate surface area is 149 Å². The largest absolute Gasteiger partial charge is 0.369 e. The fourth-order valence-corrected chi connectivity index (χ4v) is 2.60. The number of benzene rings is 2. The van der Waals surface area contributed by atoms with Crippen LogP contribution in [-0.4, -0.2) is 15.7 Å². The van der Waals surface area contributed by atoms with Gasteiger partial charge in [-0.2, -0.15) is 5.10 Å². The number of nitrogens with two attached hydrogens (primary N) is 1. The Balaban J connectivity index is 1.87. The Hall–Kier alpha value is -2.92. The molecule has 0 saturated carbocycles. The summed E-state index contributed by atoms with van der Waals surface area (Å²) in [4.78, 5) is 23.0. The zero-order valence-corrected chi connectivity index (χ0v) is 14.1. The zero-order chi connectivity index (χ0) is 17.8. The summed E-state index contributed by atoms with van der Waals surface area (Å²) in [5, 5.41) is 5.08. The van der Waals surface area contributed by atoms with E-state index in [1.165, 1.54) is 10.7 Å². The molecule has 6 heteroatoms. The number of carbonyl (C=O) groups excluding carboxylic acids is 1. The minimum Gasteiger partial charge on any atom is -0.369 e. The summed E-state index contributed by atoms with van der Waals surface area (Å²) in [6.07, 6.45) is 0.198. The van der Waals surface area contributed by atoms with Gasteiger partial charge in [0.15, 0.2) is 0 Å². The number of carbonyl (C=O) groups is 1. The van der Waals surface area contributed by atoms with E-state index < -0.39 is 0 Å². The predicted molar refractivity (Wildman–Crippen MR) is 97.4 cm³/mol.